The smallest absolute Gasteiger partial charge is 0.248 e. The molecule has 3 rings (SSSR count). The van der Waals surface area contributed by atoms with E-state index in [0.717, 1.165) is 0 Å². The second-order valence-corrected chi connectivity index (χ2v) is 6.11. The van der Waals surface area contributed by atoms with Gasteiger partial charge < -0.3 is 14.6 Å². The highest BCUT2D eigenvalue weighted by molar-refractivity contribution is 5.87. The molecule has 1 N–H and O–H groups in total. The van der Waals surface area contributed by atoms with E-state index >= 15 is 0 Å². The minimum absolute atomic E-state index is 0.169. The quantitative estimate of drug-likeness (QED) is 0.374. The van der Waals surface area contributed by atoms with Crippen LogP contribution in [0, 0.1) is 17.3 Å². The molecule has 2 aromatic heterocycles. The van der Waals surface area contributed by atoms with Crippen molar-refractivity contribution in [1.29, 1.82) is 5.26 Å². The third kappa shape index (κ3) is 4.81. The molecule has 0 spiro atoms. The largest absolute Gasteiger partial charge is 0.419 e. The summed E-state index contributed by atoms with van der Waals surface area (Å²) in [4.78, 5) is 17.3. The molecule has 3 aromatic rings. The summed E-state index contributed by atoms with van der Waals surface area (Å²) >= 11 is 0. The van der Waals surface area contributed by atoms with Gasteiger partial charge in [0.2, 0.25) is 17.7 Å². The zero-order valence-corrected chi connectivity index (χ0v) is 15.6. The van der Waals surface area contributed by atoms with E-state index < -0.39 is 0 Å². The lowest BCUT2D eigenvalue weighted by Gasteiger charge is -2.10. The number of carbonyl (C=O) groups excluding carboxylic acids is 1. The number of aromatic nitrogens is 3. The maximum absolute atomic E-state index is 13.2. The highest BCUT2D eigenvalue weighted by Gasteiger charge is 2.16. The van der Waals surface area contributed by atoms with E-state index in [-0.39, 0.29) is 36.6 Å². The van der Waals surface area contributed by atoms with Crippen molar-refractivity contribution in [1.82, 2.24) is 25.4 Å². The van der Waals surface area contributed by atoms with Gasteiger partial charge in [0.25, 0.3) is 0 Å². The molecule has 9 heteroatoms. The summed E-state index contributed by atoms with van der Waals surface area (Å²) in [6.07, 6.45) is 4.71. The van der Waals surface area contributed by atoms with Crippen LogP contribution in [0.2, 0.25) is 0 Å². The maximum Gasteiger partial charge on any atom is 0.248 e. The number of nitriles is 1. The number of halogens is 1. The Hall–Kier alpha value is -4.06. The average Bonchev–Trinajstić information content (AvgIpc) is 3.20. The van der Waals surface area contributed by atoms with Crippen molar-refractivity contribution in [2.75, 3.05) is 7.05 Å². The summed E-state index contributed by atoms with van der Waals surface area (Å²) in [6, 6.07) is 7.65. The van der Waals surface area contributed by atoms with Crippen LogP contribution in [-0.4, -0.2) is 33.0 Å². The van der Waals surface area contributed by atoms with Crippen molar-refractivity contribution in [2.24, 2.45) is 0 Å². The first-order chi connectivity index (χ1) is 14.0. The summed E-state index contributed by atoms with van der Waals surface area (Å²) < 4.78 is 18.9. The predicted molar refractivity (Wildman–Crippen MR) is 102 cm³/mol. The van der Waals surface area contributed by atoms with Crippen LogP contribution in [0.3, 0.4) is 0 Å². The number of rotatable bonds is 7. The van der Waals surface area contributed by atoms with Crippen LogP contribution in [-0.2, 0) is 17.9 Å². The fraction of sp³-hybridized carbons (Fsp3) is 0.150. The molecule has 2 heterocycles. The lowest BCUT2D eigenvalue weighted by Crippen LogP contribution is -2.20. The van der Waals surface area contributed by atoms with E-state index in [0.29, 0.717) is 22.4 Å². The van der Waals surface area contributed by atoms with Crippen molar-refractivity contribution in [2.45, 2.75) is 13.1 Å². The van der Waals surface area contributed by atoms with Crippen LogP contribution >= 0.6 is 0 Å². The Labute approximate surface area is 166 Å². The lowest BCUT2D eigenvalue weighted by molar-refractivity contribution is -0.116. The van der Waals surface area contributed by atoms with Crippen LogP contribution in [0.15, 0.2) is 53.6 Å². The van der Waals surface area contributed by atoms with Crippen LogP contribution in [0.4, 0.5) is 4.39 Å². The minimum Gasteiger partial charge on any atom is -0.419 e. The molecule has 0 saturated heterocycles. The Balaban J connectivity index is 1.99. The molecule has 0 atom stereocenters. The van der Waals surface area contributed by atoms with E-state index in [1.807, 2.05) is 6.19 Å². The van der Waals surface area contributed by atoms with Gasteiger partial charge in [-0.1, -0.05) is 6.58 Å². The standard InChI is InChI=1S/C20H17FN6O2/c1-3-18(28)24-10-14-9-23-17(13-4-6-15(21)7-5-13)8-16(14)20-26-25-19(29-20)11-27(2)12-22/h3-9H,1,10-11H2,2H3,(H,24,28). The number of benzene rings is 1. The van der Waals surface area contributed by atoms with Gasteiger partial charge >= 0.3 is 0 Å². The summed E-state index contributed by atoms with van der Waals surface area (Å²) in [5.41, 5.74) is 2.50. The zero-order valence-electron chi connectivity index (χ0n) is 15.6. The number of hydrogen-bond acceptors (Lipinski definition) is 7. The first kappa shape index (κ1) is 19.7. The molecule has 8 nitrogen and oxygen atoms in total. The normalized spacial score (nSPS) is 10.2. The monoisotopic (exact) mass is 392 g/mol. The SMILES string of the molecule is C=CC(=O)NCc1cnc(-c2ccc(F)cc2)cc1-c1nnc(CN(C)C#N)o1. The second kappa shape index (κ2) is 8.75. The third-order valence-corrected chi connectivity index (χ3v) is 4.01. The highest BCUT2D eigenvalue weighted by Crippen LogP contribution is 2.27. The molecule has 1 amide bonds. The molecule has 0 saturated carbocycles. The van der Waals surface area contributed by atoms with Crippen LogP contribution in [0.1, 0.15) is 11.5 Å². The van der Waals surface area contributed by atoms with E-state index in [2.05, 4.69) is 27.1 Å². The summed E-state index contributed by atoms with van der Waals surface area (Å²) in [5.74, 6) is -0.188. The Morgan fingerprint density at radius 2 is 2.14 bits per heavy atom. The first-order valence-corrected chi connectivity index (χ1v) is 8.59. The molecule has 146 valence electrons. The van der Waals surface area contributed by atoms with Gasteiger partial charge in [-0.25, -0.2) is 4.39 Å². The molecule has 29 heavy (non-hydrogen) atoms. The van der Waals surface area contributed by atoms with Crippen LogP contribution in [0.5, 0.6) is 0 Å². The van der Waals surface area contributed by atoms with Crippen molar-refractivity contribution < 1.29 is 13.6 Å². The van der Waals surface area contributed by atoms with E-state index in [9.17, 15) is 9.18 Å². The summed E-state index contributed by atoms with van der Waals surface area (Å²) in [7, 11) is 1.60. The first-order valence-electron chi connectivity index (χ1n) is 8.59. The summed E-state index contributed by atoms with van der Waals surface area (Å²) in [6.45, 7) is 3.77. The molecular weight excluding hydrogens is 375 g/mol. The zero-order chi connectivity index (χ0) is 20.8. The van der Waals surface area contributed by atoms with Gasteiger partial charge in [-0.2, -0.15) is 5.26 Å². The molecule has 0 aliphatic rings. The van der Waals surface area contributed by atoms with Gasteiger partial charge in [0.1, 0.15) is 12.4 Å². The number of amides is 1. The van der Waals surface area contributed by atoms with E-state index in [1.54, 1.807) is 31.4 Å². The molecular formula is C20H17FN6O2. The molecule has 0 unspecified atom stereocenters. The lowest BCUT2D eigenvalue weighted by atomic mass is 10.0. The average molecular weight is 392 g/mol. The van der Waals surface area contributed by atoms with Crippen molar-refractivity contribution in [3.8, 4) is 28.9 Å². The summed E-state index contributed by atoms with van der Waals surface area (Å²) in [5, 5.41) is 19.6. The fourth-order valence-corrected chi connectivity index (χ4v) is 2.52. The van der Waals surface area contributed by atoms with Gasteiger partial charge in [0, 0.05) is 36.5 Å². The Kier molecular flexibility index (Phi) is 5.94. The Morgan fingerprint density at radius 1 is 1.38 bits per heavy atom. The molecule has 0 fully saturated rings. The molecule has 1 aromatic carbocycles. The molecule has 0 bridgehead atoms. The van der Waals surface area contributed by atoms with E-state index in [1.165, 1.54) is 23.1 Å². The number of nitrogens with zero attached hydrogens (tertiary/aromatic N) is 5. The number of carbonyl (C=O) groups is 1. The minimum atomic E-state index is -0.346. The van der Waals surface area contributed by atoms with Crippen molar-refractivity contribution in [3.05, 3.63) is 66.5 Å². The number of nitrogens with one attached hydrogen (secondary N) is 1. The van der Waals surface area contributed by atoms with Gasteiger partial charge in [0.15, 0.2) is 6.19 Å². The molecule has 0 radical (unpaired) electrons. The Morgan fingerprint density at radius 3 is 2.83 bits per heavy atom. The van der Waals surface area contributed by atoms with Crippen molar-refractivity contribution >= 4 is 5.91 Å². The Bertz CT molecular complexity index is 1070. The third-order valence-electron chi connectivity index (χ3n) is 4.01. The van der Waals surface area contributed by atoms with Crippen LogP contribution in [0.25, 0.3) is 22.7 Å². The molecule has 0 aliphatic heterocycles. The van der Waals surface area contributed by atoms with Crippen LogP contribution < -0.4 is 5.32 Å². The second-order valence-electron chi connectivity index (χ2n) is 6.11. The van der Waals surface area contributed by atoms with Crippen molar-refractivity contribution in [3.63, 3.8) is 0 Å². The topological polar surface area (TPSA) is 108 Å². The van der Waals surface area contributed by atoms with Gasteiger partial charge in [-0.05, 0) is 36.4 Å². The number of hydrogen-bond donors (Lipinski definition) is 1. The van der Waals surface area contributed by atoms with Gasteiger partial charge in [-0.15, -0.1) is 10.2 Å². The maximum atomic E-state index is 13.2. The van der Waals surface area contributed by atoms with Gasteiger partial charge in [-0.3, -0.25) is 9.78 Å². The predicted octanol–water partition coefficient (Wildman–Crippen LogP) is 2.65. The fourth-order valence-electron chi connectivity index (χ4n) is 2.52. The number of pyridine rings is 1. The highest BCUT2D eigenvalue weighted by atomic mass is 19.1. The molecule has 0 aliphatic carbocycles. The van der Waals surface area contributed by atoms with E-state index in [4.69, 9.17) is 9.68 Å². The van der Waals surface area contributed by atoms with Gasteiger partial charge in [0.05, 0.1) is 5.69 Å².